The first-order chi connectivity index (χ1) is 13.2. The summed E-state index contributed by atoms with van der Waals surface area (Å²) in [6.07, 6.45) is 6.15. The van der Waals surface area contributed by atoms with Crippen molar-refractivity contribution in [1.82, 2.24) is 15.1 Å². The molecule has 7 nitrogen and oxygen atoms in total. The number of anilines is 1. The molecule has 0 saturated carbocycles. The Bertz CT molecular complexity index is 772. The zero-order chi connectivity index (χ0) is 19.5. The molecule has 0 saturated heterocycles. The number of nitrogens with zero attached hydrogens (tertiary/aromatic N) is 4. The number of nitrogen functional groups attached to an aromatic ring is 1. The lowest BCUT2D eigenvalue weighted by Gasteiger charge is -2.05. The second-order valence-electron chi connectivity index (χ2n) is 6.42. The van der Waals surface area contributed by atoms with Crippen LogP contribution >= 0.6 is 0 Å². The van der Waals surface area contributed by atoms with Gasteiger partial charge in [-0.25, -0.2) is 4.68 Å². The van der Waals surface area contributed by atoms with Crippen LogP contribution in [0.15, 0.2) is 35.3 Å². The van der Waals surface area contributed by atoms with Crippen molar-refractivity contribution in [2.24, 2.45) is 10.7 Å². The van der Waals surface area contributed by atoms with Crippen LogP contribution in [-0.2, 0) is 6.42 Å². The van der Waals surface area contributed by atoms with Gasteiger partial charge in [0, 0.05) is 13.1 Å². The minimum atomic E-state index is 0.371. The fourth-order valence-corrected chi connectivity index (χ4v) is 2.81. The Labute approximate surface area is 161 Å². The summed E-state index contributed by atoms with van der Waals surface area (Å²) in [6.45, 7) is 3.63. The average Bonchev–Trinajstić information content (AvgIpc) is 3.01. The molecule has 0 aliphatic carbocycles. The maximum absolute atomic E-state index is 9.42. The van der Waals surface area contributed by atoms with Crippen molar-refractivity contribution in [3.8, 4) is 11.8 Å². The first-order valence-electron chi connectivity index (χ1n) is 9.54. The van der Waals surface area contributed by atoms with Crippen molar-refractivity contribution in [3.05, 3.63) is 41.6 Å². The molecule has 2 aromatic rings. The maximum Gasteiger partial charge on any atom is 0.188 e. The summed E-state index contributed by atoms with van der Waals surface area (Å²) in [6, 6.07) is 11.7. The summed E-state index contributed by atoms with van der Waals surface area (Å²) < 4.78 is 1.61. The van der Waals surface area contributed by atoms with E-state index in [2.05, 4.69) is 28.4 Å². The van der Waals surface area contributed by atoms with Crippen molar-refractivity contribution in [1.29, 1.82) is 5.26 Å². The second-order valence-corrected chi connectivity index (χ2v) is 6.42. The average molecular weight is 368 g/mol. The molecule has 5 N–H and O–H groups in total. The normalized spacial score (nSPS) is 11.3. The monoisotopic (exact) mass is 367 g/mol. The molecule has 2 rings (SSSR count). The van der Waals surface area contributed by atoms with Gasteiger partial charge in [0.25, 0.3) is 0 Å². The van der Waals surface area contributed by atoms with Crippen LogP contribution in [-0.4, -0.2) is 28.8 Å². The third-order valence-electron chi connectivity index (χ3n) is 4.30. The van der Waals surface area contributed by atoms with Crippen LogP contribution in [0.2, 0.25) is 0 Å². The number of rotatable bonds is 10. The highest BCUT2D eigenvalue weighted by Gasteiger charge is 2.15. The summed E-state index contributed by atoms with van der Waals surface area (Å²) in [5, 5.41) is 17.1. The zero-order valence-corrected chi connectivity index (χ0v) is 16.0. The number of nitrogens with two attached hydrogens (primary N) is 2. The van der Waals surface area contributed by atoms with Crippen molar-refractivity contribution >= 4 is 11.8 Å². The molecule has 0 fully saturated rings. The third kappa shape index (κ3) is 6.03. The van der Waals surface area contributed by atoms with Gasteiger partial charge in [0.1, 0.15) is 17.5 Å². The summed E-state index contributed by atoms with van der Waals surface area (Å²) in [5.74, 6) is 0.844. The van der Waals surface area contributed by atoms with E-state index in [0.29, 0.717) is 36.0 Å². The molecule has 0 bridgehead atoms. The van der Waals surface area contributed by atoms with Gasteiger partial charge in [0.05, 0.1) is 11.4 Å². The number of aromatic nitrogens is 2. The number of para-hydroxylation sites is 1. The molecule has 0 atom stereocenters. The van der Waals surface area contributed by atoms with Crippen molar-refractivity contribution in [2.45, 2.75) is 45.4 Å². The van der Waals surface area contributed by atoms with Gasteiger partial charge in [-0.3, -0.25) is 4.99 Å². The number of guanidine groups is 1. The Morgan fingerprint density at radius 2 is 2.00 bits per heavy atom. The maximum atomic E-state index is 9.42. The molecule has 0 aliphatic heterocycles. The molecule has 0 spiro atoms. The number of aryl methyl sites for hydroxylation is 1. The number of nitriles is 1. The van der Waals surface area contributed by atoms with Crippen molar-refractivity contribution < 1.29 is 0 Å². The predicted octanol–water partition coefficient (Wildman–Crippen LogP) is 2.74. The van der Waals surface area contributed by atoms with Gasteiger partial charge in [0.15, 0.2) is 5.96 Å². The topological polar surface area (TPSA) is 118 Å². The Hall–Kier alpha value is -3.01. The lowest BCUT2D eigenvalue weighted by Crippen LogP contribution is -2.32. The van der Waals surface area contributed by atoms with Crippen molar-refractivity contribution in [2.75, 3.05) is 18.8 Å². The van der Waals surface area contributed by atoms with E-state index in [1.54, 1.807) is 4.68 Å². The van der Waals surface area contributed by atoms with Gasteiger partial charge in [-0.05, 0) is 31.4 Å². The largest absolute Gasteiger partial charge is 0.382 e. The molecule has 1 aromatic carbocycles. The fraction of sp³-hybridized carbons (Fsp3) is 0.450. The zero-order valence-electron chi connectivity index (χ0n) is 16.0. The van der Waals surface area contributed by atoms with Gasteiger partial charge < -0.3 is 16.8 Å². The number of benzene rings is 1. The van der Waals surface area contributed by atoms with Gasteiger partial charge in [-0.1, -0.05) is 44.4 Å². The molecular formula is C20H29N7. The summed E-state index contributed by atoms with van der Waals surface area (Å²) in [7, 11) is 0. The number of hydrogen-bond acceptors (Lipinski definition) is 4. The quantitative estimate of drug-likeness (QED) is 0.339. The second kappa shape index (κ2) is 10.9. The van der Waals surface area contributed by atoms with Crippen LogP contribution in [0.25, 0.3) is 5.69 Å². The number of nitrogens with one attached hydrogen (secondary N) is 1. The molecule has 1 aromatic heterocycles. The Morgan fingerprint density at radius 1 is 1.22 bits per heavy atom. The molecule has 0 unspecified atom stereocenters. The Balaban J connectivity index is 1.87. The molecule has 1 heterocycles. The fourth-order valence-electron chi connectivity index (χ4n) is 2.81. The molecule has 0 radical (unpaired) electrons. The SMILES string of the molecule is CCCCCCNC(N)=NCCCc1nn(-c2ccccc2)c(N)c1C#N. The Morgan fingerprint density at radius 3 is 2.70 bits per heavy atom. The van der Waals surface area contributed by atoms with E-state index in [0.717, 1.165) is 25.1 Å². The number of unbranched alkanes of at least 4 members (excludes halogenated alkanes) is 3. The van der Waals surface area contributed by atoms with Crippen molar-refractivity contribution in [3.63, 3.8) is 0 Å². The first-order valence-corrected chi connectivity index (χ1v) is 9.54. The summed E-state index contributed by atoms with van der Waals surface area (Å²) in [4.78, 5) is 4.33. The van der Waals surface area contributed by atoms with Gasteiger partial charge in [0.2, 0.25) is 0 Å². The van der Waals surface area contributed by atoms with Crippen LogP contribution < -0.4 is 16.8 Å². The van der Waals surface area contributed by atoms with Crippen LogP contribution in [0.5, 0.6) is 0 Å². The minimum absolute atomic E-state index is 0.371. The lowest BCUT2D eigenvalue weighted by atomic mass is 10.1. The van der Waals surface area contributed by atoms with Gasteiger partial charge >= 0.3 is 0 Å². The molecule has 144 valence electrons. The molecular weight excluding hydrogens is 338 g/mol. The first kappa shape index (κ1) is 20.3. The molecule has 0 amide bonds. The Kier molecular flexibility index (Phi) is 8.17. The highest BCUT2D eigenvalue weighted by Crippen LogP contribution is 2.21. The van der Waals surface area contributed by atoms with E-state index >= 15 is 0 Å². The predicted molar refractivity (Wildman–Crippen MR) is 110 cm³/mol. The molecule has 7 heteroatoms. The van der Waals surface area contributed by atoms with Gasteiger partial charge in [-0.15, -0.1) is 0 Å². The molecule has 27 heavy (non-hydrogen) atoms. The molecule has 0 aliphatic rings. The van der Waals surface area contributed by atoms with E-state index in [4.69, 9.17) is 11.5 Å². The summed E-state index contributed by atoms with van der Waals surface area (Å²) >= 11 is 0. The van der Waals surface area contributed by atoms with E-state index in [-0.39, 0.29) is 0 Å². The van der Waals surface area contributed by atoms with Crippen LogP contribution in [0.1, 0.15) is 50.3 Å². The van der Waals surface area contributed by atoms with E-state index < -0.39 is 0 Å². The highest BCUT2D eigenvalue weighted by atomic mass is 15.3. The van der Waals surface area contributed by atoms with E-state index in [9.17, 15) is 5.26 Å². The van der Waals surface area contributed by atoms with Crippen LogP contribution in [0.4, 0.5) is 5.82 Å². The van der Waals surface area contributed by atoms with Gasteiger partial charge in [-0.2, -0.15) is 10.4 Å². The minimum Gasteiger partial charge on any atom is -0.382 e. The third-order valence-corrected chi connectivity index (χ3v) is 4.30. The van der Waals surface area contributed by atoms with Crippen LogP contribution in [0.3, 0.4) is 0 Å². The van der Waals surface area contributed by atoms with E-state index in [1.807, 2.05) is 30.3 Å². The highest BCUT2D eigenvalue weighted by molar-refractivity contribution is 5.77. The number of hydrogen-bond donors (Lipinski definition) is 3. The smallest absolute Gasteiger partial charge is 0.188 e. The number of aliphatic imine (C=N–C) groups is 1. The lowest BCUT2D eigenvalue weighted by molar-refractivity contribution is 0.651. The van der Waals surface area contributed by atoms with Crippen LogP contribution in [0, 0.1) is 11.3 Å². The summed E-state index contributed by atoms with van der Waals surface area (Å²) in [5.41, 5.74) is 14.0. The standard InChI is InChI=1S/C20H29N7/c1-2-3-4-8-13-24-20(23)25-14-9-12-18-17(15-21)19(22)27(26-18)16-10-6-5-7-11-16/h5-7,10-11H,2-4,8-9,12-14,22H2,1H3,(H3,23,24,25). The van der Waals surface area contributed by atoms with E-state index in [1.165, 1.54) is 19.3 Å².